The van der Waals surface area contributed by atoms with Gasteiger partial charge < -0.3 is 5.32 Å². The van der Waals surface area contributed by atoms with Crippen LogP contribution in [0.4, 0.5) is 0 Å². The lowest BCUT2D eigenvalue weighted by molar-refractivity contribution is 0.0939. The zero-order valence-corrected chi connectivity index (χ0v) is 14.3. The Hall–Kier alpha value is -1.89. The number of aryl methyl sites for hydroxylation is 1. The van der Waals surface area contributed by atoms with Crippen LogP contribution in [0.15, 0.2) is 47.4 Å². The van der Waals surface area contributed by atoms with Gasteiger partial charge in [-0.1, -0.05) is 29.8 Å². The van der Waals surface area contributed by atoms with Crippen LogP contribution in [-0.4, -0.2) is 14.3 Å². The number of carbonyl (C=O) groups excluding carboxylic acids is 1. The zero-order chi connectivity index (χ0) is 17.2. The van der Waals surface area contributed by atoms with Gasteiger partial charge in [0, 0.05) is 10.6 Å². The molecule has 0 fully saturated rings. The highest BCUT2D eigenvalue weighted by Crippen LogP contribution is 2.19. The second-order valence-electron chi connectivity index (χ2n) is 5.27. The predicted octanol–water partition coefficient (Wildman–Crippen LogP) is 2.79. The average Bonchev–Trinajstić information content (AvgIpc) is 2.47. The van der Waals surface area contributed by atoms with Gasteiger partial charge in [0.05, 0.1) is 10.9 Å². The van der Waals surface area contributed by atoms with Crippen LogP contribution in [0.2, 0.25) is 5.02 Å². The van der Waals surface area contributed by atoms with Crippen molar-refractivity contribution in [1.82, 2.24) is 5.32 Å². The molecule has 0 unspecified atom stereocenters. The maximum Gasteiger partial charge on any atom is 0.251 e. The van der Waals surface area contributed by atoms with E-state index in [4.69, 9.17) is 16.7 Å². The second-order valence-corrected chi connectivity index (χ2v) is 7.24. The number of nitrogens with two attached hydrogens (primary N) is 1. The lowest BCUT2D eigenvalue weighted by atomic mass is 10.1. The Morgan fingerprint density at radius 1 is 1.17 bits per heavy atom. The van der Waals surface area contributed by atoms with Crippen molar-refractivity contribution >= 4 is 27.5 Å². The predicted molar refractivity (Wildman–Crippen MR) is 89.9 cm³/mol. The summed E-state index contributed by atoms with van der Waals surface area (Å²) in [6.07, 6.45) is 0. The summed E-state index contributed by atoms with van der Waals surface area (Å²) in [7, 11) is -3.87. The van der Waals surface area contributed by atoms with E-state index < -0.39 is 10.0 Å². The molecule has 2 rings (SSSR count). The van der Waals surface area contributed by atoms with Gasteiger partial charge in [0.1, 0.15) is 0 Å². The van der Waals surface area contributed by atoms with Crippen LogP contribution in [-0.2, 0) is 10.0 Å². The minimum atomic E-state index is -3.87. The van der Waals surface area contributed by atoms with Crippen LogP contribution < -0.4 is 10.5 Å². The van der Waals surface area contributed by atoms with E-state index >= 15 is 0 Å². The van der Waals surface area contributed by atoms with Crippen LogP contribution >= 0.6 is 11.6 Å². The molecule has 0 saturated carbocycles. The summed E-state index contributed by atoms with van der Waals surface area (Å²) in [4.78, 5) is 12.3. The van der Waals surface area contributed by atoms with Crippen molar-refractivity contribution in [1.29, 1.82) is 0 Å². The molecule has 0 heterocycles. The van der Waals surface area contributed by atoms with Gasteiger partial charge in [-0.15, -0.1) is 0 Å². The van der Waals surface area contributed by atoms with Crippen molar-refractivity contribution in [3.8, 4) is 0 Å². The van der Waals surface area contributed by atoms with E-state index in [1.807, 2.05) is 19.1 Å². The van der Waals surface area contributed by atoms with Crippen LogP contribution in [0.1, 0.15) is 34.5 Å². The number of hydrogen-bond donors (Lipinski definition) is 2. The van der Waals surface area contributed by atoms with Crippen LogP contribution in [0.5, 0.6) is 0 Å². The number of carbonyl (C=O) groups is 1. The highest BCUT2D eigenvalue weighted by atomic mass is 35.5. The average molecular weight is 353 g/mol. The van der Waals surface area contributed by atoms with E-state index in [1.165, 1.54) is 6.07 Å². The van der Waals surface area contributed by atoms with Crippen LogP contribution in [0, 0.1) is 6.92 Å². The maximum atomic E-state index is 12.3. The summed E-state index contributed by atoms with van der Waals surface area (Å²) in [6.45, 7) is 3.45. The molecule has 1 atom stereocenters. The summed E-state index contributed by atoms with van der Waals surface area (Å²) in [5.74, 6) is -0.377. The largest absolute Gasteiger partial charge is 0.346 e. The first-order valence-corrected chi connectivity index (χ1v) is 8.80. The van der Waals surface area contributed by atoms with E-state index in [2.05, 4.69) is 5.32 Å². The second kappa shape index (κ2) is 6.70. The fourth-order valence-electron chi connectivity index (χ4n) is 2.16. The molecule has 5 nitrogen and oxygen atoms in total. The van der Waals surface area contributed by atoms with Crippen molar-refractivity contribution < 1.29 is 13.2 Å². The van der Waals surface area contributed by atoms with Crippen molar-refractivity contribution in [3.05, 3.63) is 64.2 Å². The quantitative estimate of drug-likeness (QED) is 0.886. The smallest absolute Gasteiger partial charge is 0.251 e. The van der Waals surface area contributed by atoms with Crippen molar-refractivity contribution in [2.75, 3.05) is 0 Å². The molecule has 7 heteroatoms. The fraction of sp³-hybridized carbons (Fsp3) is 0.188. The summed E-state index contributed by atoms with van der Waals surface area (Å²) in [5.41, 5.74) is 1.62. The normalized spacial score (nSPS) is 12.7. The number of halogens is 1. The minimum absolute atomic E-state index is 0.0516. The van der Waals surface area contributed by atoms with Gasteiger partial charge in [-0.25, -0.2) is 13.6 Å². The number of rotatable bonds is 4. The highest BCUT2D eigenvalue weighted by Gasteiger charge is 2.16. The van der Waals surface area contributed by atoms with E-state index in [9.17, 15) is 13.2 Å². The molecule has 2 aromatic carbocycles. The maximum absolute atomic E-state index is 12.3. The Morgan fingerprint density at radius 2 is 1.78 bits per heavy atom. The summed E-state index contributed by atoms with van der Waals surface area (Å²) in [5, 5.41) is 8.59. The molecular formula is C16H17ClN2O3S. The standard InChI is InChI=1S/C16H17ClN2O3S/c1-10-3-4-13(9-15(10)23(18,21)22)16(20)19-11(2)12-5-7-14(17)8-6-12/h3-9,11H,1-2H3,(H,19,20)(H2,18,21,22)/t11-/m1/s1. The zero-order valence-electron chi connectivity index (χ0n) is 12.7. The number of primary sulfonamides is 1. The number of hydrogen-bond acceptors (Lipinski definition) is 3. The van der Waals surface area contributed by atoms with E-state index in [0.717, 1.165) is 5.56 Å². The van der Waals surface area contributed by atoms with Crippen molar-refractivity contribution in [2.24, 2.45) is 5.14 Å². The van der Waals surface area contributed by atoms with Gasteiger partial charge in [-0.05, 0) is 49.2 Å². The van der Waals surface area contributed by atoms with Gasteiger partial charge >= 0.3 is 0 Å². The number of sulfonamides is 1. The molecule has 0 spiro atoms. The molecular weight excluding hydrogens is 336 g/mol. The van der Waals surface area contributed by atoms with E-state index in [1.54, 1.807) is 31.2 Å². The van der Waals surface area contributed by atoms with Crippen molar-refractivity contribution in [2.45, 2.75) is 24.8 Å². The van der Waals surface area contributed by atoms with Gasteiger partial charge in [0.25, 0.3) is 5.91 Å². The lowest BCUT2D eigenvalue weighted by Gasteiger charge is -2.15. The van der Waals surface area contributed by atoms with E-state index in [0.29, 0.717) is 10.6 Å². The third-order valence-electron chi connectivity index (χ3n) is 3.47. The molecule has 0 aliphatic rings. The monoisotopic (exact) mass is 352 g/mol. The number of nitrogens with one attached hydrogen (secondary N) is 1. The molecule has 0 aliphatic carbocycles. The molecule has 1 amide bonds. The number of benzene rings is 2. The van der Waals surface area contributed by atoms with Crippen molar-refractivity contribution in [3.63, 3.8) is 0 Å². The van der Waals surface area contributed by atoms with Gasteiger partial charge in [-0.2, -0.15) is 0 Å². The summed E-state index contributed by atoms with van der Waals surface area (Å²) < 4.78 is 23.1. The third kappa shape index (κ3) is 4.31. The molecule has 0 radical (unpaired) electrons. The first-order chi connectivity index (χ1) is 10.7. The van der Waals surface area contributed by atoms with Crippen LogP contribution in [0.25, 0.3) is 0 Å². The molecule has 23 heavy (non-hydrogen) atoms. The van der Waals surface area contributed by atoms with Gasteiger partial charge in [0.15, 0.2) is 0 Å². The molecule has 3 N–H and O–H groups in total. The molecule has 122 valence electrons. The SMILES string of the molecule is Cc1ccc(C(=O)N[C@H](C)c2ccc(Cl)cc2)cc1S(N)(=O)=O. The Kier molecular flexibility index (Phi) is 5.09. The van der Waals surface area contributed by atoms with Crippen LogP contribution in [0.3, 0.4) is 0 Å². The fourth-order valence-corrected chi connectivity index (χ4v) is 3.10. The Labute approximate surface area is 140 Å². The molecule has 0 saturated heterocycles. The molecule has 0 aliphatic heterocycles. The Balaban J connectivity index is 2.22. The van der Waals surface area contributed by atoms with Gasteiger partial charge in [-0.3, -0.25) is 4.79 Å². The first kappa shape index (κ1) is 17.5. The summed E-state index contributed by atoms with van der Waals surface area (Å²) >= 11 is 5.84. The Bertz CT molecular complexity index is 833. The van der Waals surface area contributed by atoms with E-state index in [-0.39, 0.29) is 22.4 Å². The highest BCUT2D eigenvalue weighted by molar-refractivity contribution is 7.89. The van der Waals surface area contributed by atoms with Gasteiger partial charge in [0.2, 0.25) is 10.0 Å². The third-order valence-corrected chi connectivity index (χ3v) is 4.78. The number of amides is 1. The molecule has 2 aromatic rings. The topological polar surface area (TPSA) is 89.3 Å². The first-order valence-electron chi connectivity index (χ1n) is 6.88. The molecule has 0 bridgehead atoms. The lowest BCUT2D eigenvalue weighted by Crippen LogP contribution is -2.27. The molecule has 0 aromatic heterocycles. The Morgan fingerprint density at radius 3 is 2.35 bits per heavy atom. The summed E-state index contributed by atoms with van der Waals surface area (Å²) in [6, 6.07) is 11.3. The minimum Gasteiger partial charge on any atom is -0.346 e.